The SMILES string of the molecule is CC12CC=C3C=C4CC(O)CCC4CCC3C1CC[C@@H]2c1ccc2ccncc2c1. The first-order valence-corrected chi connectivity index (χ1v) is 12.0. The smallest absolute Gasteiger partial charge is 0.0577 e. The molecule has 2 heteroatoms. The summed E-state index contributed by atoms with van der Waals surface area (Å²) in [5.74, 6) is 2.86. The average molecular weight is 400 g/mol. The van der Waals surface area contributed by atoms with Gasteiger partial charge >= 0.3 is 0 Å². The van der Waals surface area contributed by atoms with Crippen molar-refractivity contribution in [2.24, 2.45) is 23.2 Å². The average Bonchev–Trinajstić information content (AvgIpc) is 3.00. The summed E-state index contributed by atoms with van der Waals surface area (Å²) < 4.78 is 0. The number of benzene rings is 1. The minimum Gasteiger partial charge on any atom is -0.393 e. The van der Waals surface area contributed by atoms with E-state index in [0.29, 0.717) is 17.3 Å². The van der Waals surface area contributed by atoms with Gasteiger partial charge in [-0.15, -0.1) is 0 Å². The zero-order valence-corrected chi connectivity index (χ0v) is 18.1. The van der Waals surface area contributed by atoms with Gasteiger partial charge in [0.05, 0.1) is 6.10 Å². The Bertz CT molecular complexity index is 1040. The van der Waals surface area contributed by atoms with E-state index in [0.717, 1.165) is 24.7 Å². The Labute approximate surface area is 180 Å². The summed E-state index contributed by atoms with van der Waals surface area (Å²) in [6.45, 7) is 2.57. The van der Waals surface area contributed by atoms with E-state index in [1.165, 1.54) is 54.9 Å². The van der Waals surface area contributed by atoms with Gasteiger partial charge in [0.2, 0.25) is 0 Å². The minimum atomic E-state index is -0.114. The maximum atomic E-state index is 10.2. The lowest BCUT2D eigenvalue weighted by molar-refractivity contribution is 0.125. The fourth-order valence-corrected chi connectivity index (χ4v) is 7.56. The summed E-state index contributed by atoms with van der Waals surface area (Å²) >= 11 is 0. The predicted octanol–water partition coefficient (Wildman–Crippen LogP) is 6.56. The van der Waals surface area contributed by atoms with Crippen molar-refractivity contribution in [3.8, 4) is 0 Å². The van der Waals surface area contributed by atoms with Gasteiger partial charge in [-0.1, -0.05) is 36.8 Å². The Morgan fingerprint density at radius 1 is 1.00 bits per heavy atom. The van der Waals surface area contributed by atoms with E-state index in [-0.39, 0.29) is 6.10 Å². The monoisotopic (exact) mass is 399 g/mol. The normalized spacial score (nSPS) is 38.1. The highest BCUT2D eigenvalue weighted by atomic mass is 16.3. The van der Waals surface area contributed by atoms with Gasteiger partial charge in [0.15, 0.2) is 0 Å². The number of hydrogen-bond donors (Lipinski definition) is 1. The van der Waals surface area contributed by atoms with Crippen LogP contribution in [0.4, 0.5) is 0 Å². The predicted molar refractivity (Wildman–Crippen MR) is 122 cm³/mol. The van der Waals surface area contributed by atoms with Crippen LogP contribution < -0.4 is 0 Å². The van der Waals surface area contributed by atoms with Gasteiger partial charge in [-0.25, -0.2) is 0 Å². The first-order valence-electron chi connectivity index (χ1n) is 12.0. The summed E-state index contributed by atoms with van der Waals surface area (Å²) in [4.78, 5) is 4.35. The van der Waals surface area contributed by atoms with E-state index < -0.39 is 0 Å². The van der Waals surface area contributed by atoms with E-state index in [4.69, 9.17) is 0 Å². The van der Waals surface area contributed by atoms with Crippen molar-refractivity contribution in [2.45, 2.75) is 70.3 Å². The number of nitrogens with zero attached hydrogens (tertiary/aromatic N) is 1. The Morgan fingerprint density at radius 3 is 2.83 bits per heavy atom. The van der Waals surface area contributed by atoms with Crippen LogP contribution in [-0.4, -0.2) is 16.2 Å². The molecule has 0 saturated heterocycles. The van der Waals surface area contributed by atoms with Crippen LogP contribution in [0, 0.1) is 23.2 Å². The molecule has 1 aromatic carbocycles. The summed E-state index contributed by atoms with van der Waals surface area (Å²) in [6.07, 6.45) is 18.5. The number of fused-ring (bicyclic) bond motifs is 5. The van der Waals surface area contributed by atoms with Crippen molar-refractivity contribution < 1.29 is 5.11 Å². The van der Waals surface area contributed by atoms with E-state index in [2.05, 4.69) is 48.3 Å². The summed E-state index contributed by atoms with van der Waals surface area (Å²) in [7, 11) is 0. The molecule has 2 fully saturated rings. The van der Waals surface area contributed by atoms with Gasteiger partial charge in [-0.3, -0.25) is 4.98 Å². The molecule has 1 heterocycles. The van der Waals surface area contributed by atoms with E-state index >= 15 is 0 Å². The molecule has 0 bridgehead atoms. The van der Waals surface area contributed by atoms with Crippen LogP contribution in [0.3, 0.4) is 0 Å². The molecule has 5 unspecified atom stereocenters. The minimum absolute atomic E-state index is 0.114. The molecule has 30 heavy (non-hydrogen) atoms. The lowest BCUT2D eigenvalue weighted by Crippen LogP contribution is -2.35. The number of pyridine rings is 1. The zero-order chi connectivity index (χ0) is 20.3. The van der Waals surface area contributed by atoms with Gasteiger partial charge in [-0.2, -0.15) is 0 Å². The summed E-state index contributed by atoms with van der Waals surface area (Å²) in [5.41, 5.74) is 5.02. The molecule has 4 aliphatic rings. The molecule has 156 valence electrons. The van der Waals surface area contributed by atoms with E-state index in [9.17, 15) is 5.11 Å². The van der Waals surface area contributed by atoms with Gasteiger partial charge in [0.1, 0.15) is 0 Å². The standard InChI is InChI=1S/C28H33NO/c1-28-12-10-20-14-22-16-24(30)6-4-18(22)5-7-25(20)27(28)9-8-26(28)21-3-2-19-11-13-29-17-23(19)15-21/h2-3,10-11,13-15,17-18,24-27,30H,4-9,12,16H2,1H3/t18?,24?,25?,26-,27?,28?/m1/s1. The van der Waals surface area contributed by atoms with Crippen LogP contribution in [0.1, 0.15) is 69.8 Å². The lowest BCUT2D eigenvalue weighted by Gasteiger charge is -2.44. The van der Waals surface area contributed by atoms with Crippen molar-refractivity contribution in [3.63, 3.8) is 0 Å². The maximum Gasteiger partial charge on any atom is 0.0577 e. The summed E-state index contributed by atoms with van der Waals surface area (Å²) in [5, 5.41) is 12.8. The number of hydrogen-bond acceptors (Lipinski definition) is 2. The first kappa shape index (κ1) is 18.8. The topological polar surface area (TPSA) is 33.1 Å². The fraction of sp³-hybridized carbons (Fsp3) is 0.536. The van der Waals surface area contributed by atoms with Crippen LogP contribution in [0.25, 0.3) is 10.8 Å². The van der Waals surface area contributed by atoms with Crippen molar-refractivity contribution in [3.05, 3.63) is 65.5 Å². The summed E-state index contributed by atoms with van der Waals surface area (Å²) in [6, 6.07) is 9.19. The van der Waals surface area contributed by atoms with Crippen LogP contribution in [0.2, 0.25) is 0 Å². The van der Waals surface area contributed by atoms with Gasteiger partial charge in [-0.05, 0) is 109 Å². The number of aliphatic hydroxyl groups excluding tert-OH is 1. The highest BCUT2D eigenvalue weighted by Gasteiger charge is 2.52. The van der Waals surface area contributed by atoms with Crippen LogP contribution in [-0.2, 0) is 0 Å². The Balaban J connectivity index is 1.33. The largest absolute Gasteiger partial charge is 0.393 e. The van der Waals surface area contributed by atoms with Crippen molar-refractivity contribution in [2.75, 3.05) is 0 Å². The quantitative estimate of drug-likeness (QED) is 0.589. The highest BCUT2D eigenvalue weighted by Crippen LogP contribution is 2.62. The molecular weight excluding hydrogens is 366 g/mol. The molecule has 2 aromatic rings. The first-order chi connectivity index (χ1) is 14.6. The number of rotatable bonds is 1. The molecule has 2 saturated carbocycles. The number of aromatic nitrogens is 1. The van der Waals surface area contributed by atoms with Crippen molar-refractivity contribution >= 4 is 10.8 Å². The molecule has 0 radical (unpaired) electrons. The van der Waals surface area contributed by atoms with E-state index in [1.54, 1.807) is 11.1 Å². The van der Waals surface area contributed by atoms with Crippen LogP contribution in [0.5, 0.6) is 0 Å². The fourth-order valence-electron chi connectivity index (χ4n) is 7.56. The Hall–Kier alpha value is -1.93. The third kappa shape index (κ3) is 2.91. The molecule has 0 amide bonds. The van der Waals surface area contributed by atoms with Gasteiger partial charge in [0.25, 0.3) is 0 Å². The highest BCUT2D eigenvalue weighted by molar-refractivity contribution is 5.82. The van der Waals surface area contributed by atoms with Crippen LogP contribution in [0.15, 0.2) is 60.0 Å². The molecule has 0 aliphatic heterocycles. The molecule has 0 spiro atoms. The molecule has 1 aromatic heterocycles. The molecule has 2 nitrogen and oxygen atoms in total. The Morgan fingerprint density at radius 2 is 1.90 bits per heavy atom. The third-order valence-corrected chi connectivity index (χ3v) is 9.19. The van der Waals surface area contributed by atoms with Crippen molar-refractivity contribution in [1.29, 1.82) is 0 Å². The van der Waals surface area contributed by atoms with E-state index in [1.807, 2.05) is 12.4 Å². The molecule has 6 atom stereocenters. The lowest BCUT2D eigenvalue weighted by atomic mass is 9.60. The van der Waals surface area contributed by atoms with Gasteiger partial charge < -0.3 is 5.11 Å². The van der Waals surface area contributed by atoms with Crippen LogP contribution >= 0.6 is 0 Å². The van der Waals surface area contributed by atoms with Crippen molar-refractivity contribution in [1.82, 2.24) is 4.98 Å². The zero-order valence-electron chi connectivity index (χ0n) is 18.1. The number of allylic oxidation sites excluding steroid dienone is 3. The second-order valence-electron chi connectivity index (χ2n) is 10.7. The Kier molecular flexibility index (Phi) is 4.42. The molecule has 4 aliphatic carbocycles. The molecule has 1 N–H and O–H groups in total. The maximum absolute atomic E-state index is 10.2. The second kappa shape index (κ2) is 7.05. The second-order valence-corrected chi connectivity index (χ2v) is 10.7. The molecule has 6 rings (SSSR count). The molecular formula is C28H33NO. The number of aliphatic hydroxyl groups is 1. The van der Waals surface area contributed by atoms with Gasteiger partial charge in [0, 0.05) is 17.8 Å². The third-order valence-electron chi connectivity index (χ3n) is 9.19.